The van der Waals surface area contributed by atoms with Crippen molar-refractivity contribution in [2.45, 2.75) is 706 Å². The monoisotopic (exact) mass is 2150 g/mol. The van der Waals surface area contributed by atoms with Crippen LogP contribution >= 0.6 is 0 Å². The van der Waals surface area contributed by atoms with Crippen molar-refractivity contribution in [2.24, 2.45) is 5.92 Å². The Labute approximate surface area is 924 Å². The van der Waals surface area contributed by atoms with Gasteiger partial charge in [-0.25, -0.2) is 38.4 Å². The Morgan fingerprint density at radius 3 is 0.327 bits per heavy atom. The number of rotatable bonds is 101. The molecule has 0 aromatic heterocycles. The van der Waals surface area contributed by atoms with Gasteiger partial charge in [-0.05, 0) is 119 Å². The van der Waals surface area contributed by atoms with Crippen LogP contribution in [-0.2, 0) is 76.3 Å². The molecule has 0 spiro atoms. The molecule has 0 bridgehead atoms. The Kier molecular flexibility index (Phi) is 148. The van der Waals surface area contributed by atoms with Crippen LogP contribution in [-0.4, -0.2) is 190 Å². The van der Waals surface area contributed by atoms with Crippen LogP contribution in [0.4, 0.5) is 0 Å². The van der Waals surface area contributed by atoms with Crippen LogP contribution in [0.2, 0.25) is 0 Å². The molecule has 0 aliphatic carbocycles. The normalized spacial score (nSPS) is 12.4. The molecule has 0 heterocycles. The summed E-state index contributed by atoms with van der Waals surface area (Å²) in [4.78, 5) is 87.8. The summed E-state index contributed by atoms with van der Waals surface area (Å²) in [5.41, 5.74) is 0. The van der Waals surface area contributed by atoms with E-state index < -0.39 is 96.6 Å². The molecular weight excluding hydrogens is 1900 g/mol. The minimum atomic E-state index is -1.01. The molecular formula is C126H252O24. The first-order chi connectivity index (χ1) is 72.4. The number of aliphatic hydroxyl groups excluding tert-OH is 8. The Bertz CT molecular complexity index is 2640. The Hall–Kier alpha value is -4.56. The van der Waals surface area contributed by atoms with Crippen molar-refractivity contribution in [3.05, 3.63) is 0 Å². The average Bonchev–Trinajstić information content (AvgIpc) is 0.958. The van der Waals surface area contributed by atoms with Gasteiger partial charge < -0.3 is 78.7 Å². The second-order valence-electron chi connectivity index (χ2n) is 42.5. The minimum absolute atomic E-state index is 0.434. The largest absolute Gasteiger partial charge is 0.464 e. The molecule has 24 nitrogen and oxygen atoms in total. The number of ether oxygens (including phenoxy) is 8. The summed E-state index contributed by atoms with van der Waals surface area (Å²) in [5, 5.41) is 71.5. The highest BCUT2D eigenvalue weighted by molar-refractivity contribution is 5.76. The van der Waals surface area contributed by atoms with Gasteiger partial charge in [0.25, 0.3) is 0 Å². The third-order valence-electron chi connectivity index (χ3n) is 26.3. The fraction of sp³-hybridized carbons (Fsp3) is 0.937. The number of aliphatic hydroxyl groups is 8. The second-order valence-corrected chi connectivity index (χ2v) is 42.5. The van der Waals surface area contributed by atoms with E-state index in [1.807, 2.05) is 0 Å². The number of hydrogen-bond donors (Lipinski definition) is 8. The molecule has 8 atom stereocenters. The molecule has 0 aliphatic heterocycles. The van der Waals surface area contributed by atoms with E-state index in [4.69, 9.17) is 73.6 Å². The summed E-state index contributed by atoms with van der Waals surface area (Å²) in [6, 6.07) is 0. The average molecular weight is 2150 g/mol. The summed E-state index contributed by atoms with van der Waals surface area (Å²) in [6.07, 6.45) is 99.2. The van der Waals surface area contributed by atoms with Gasteiger partial charge in [-0.2, -0.15) is 0 Å². The highest BCUT2D eigenvalue weighted by Crippen LogP contribution is 2.23. The fourth-order valence-corrected chi connectivity index (χ4v) is 16.2. The quantitative estimate of drug-likeness (QED) is 0.0159. The van der Waals surface area contributed by atoms with E-state index in [-0.39, 0.29) is 0 Å². The van der Waals surface area contributed by atoms with E-state index in [0.29, 0.717) is 58.8 Å². The maximum absolute atomic E-state index is 11.5. The predicted molar refractivity (Wildman–Crippen MR) is 624 cm³/mol. The van der Waals surface area contributed by atoms with Gasteiger partial charge in [0.2, 0.25) is 0 Å². The van der Waals surface area contributed by atoms with Crippen molar-refractivity contribution in [1.29, 1.82) is 0 Å². The molecule has 0 saturated heterocycles. The molecule has 150 heavy (non-hydrogen) atoms. The van der Waals surface area contributed by atoms with E-state index in [9.17, 15) is 43.5 Å². The van der Waals surface area contributed by atoms with Gasteiger partial charge in [0.15, 0.2) is 0 Å². The van der Waals surface area contributed by atoms with Crippen LogP contribution < -0.4 is 0 Å². The third kappa shape index (κ3) is 150. The van der Waals surface area contributed by atoms with Gasteiger partial charge in [-0.1, -0.05) is 544 Å². The van der Waals surface area contributed by atoms with E-state index in [0.717, 1.165) is 103 Å². The summed E-state index contributed by atoms with van der Waals surface area (Å²) in [7, 11) is 0. The topological polar surface area (TPSA) is 372 Å². The molecule has 24 heteroatoms. The highest BCUT2D eigenvalue weighted by Gasteiger charge is 2.19. The van der Waals surface area contributed by atoms with Crippen molar-refractivity contribution < 1.29 is 117 Å². The zero-order valence-corrected chi connectivity index (χ0v) is 101. The number of carbonyl (C=O) groups excluding carboxylic acids is 8. The second kappa shape index (κ2) is 139. The van der Waals surface area contributed by atoms with Crippen molar-refractivity contribution in [1.82, 2.24) is 0 Å². The zero-order valence-electron chi connectivity index (χ0n) is 101. The van der Waals surface area contributed by atoms with Gasteiger partial charge in [0.1, 0.15) is 48.8 Å². The molecule has 900 valence electrons. The summed E-state index contributed by atoms with van der Waals surface area (Å²) < 4.78 is 39.4. The molecule has 8 unspecified atom stereocenters. The molecule has 0 amide bonds. The van der Waals surface area contributed by atoms with Gasteiger partial charge >= 0.3 is 47.8 Å². The minimum Gasteiger partial charge on any atom is -0.464 e. The van der Waals surface area contributed by atoms with Crippen LogP contribution in [0.3, 0.4) is 0 Å². The summed E-state index contributed by atoms with van der Waals surface area (Å²) in [5.74, 6) is -3.59. The first kappa shape index (κ1) is 161. The fourth-order valence-electron chi connectivity index (χ4n) is 16.2. The lowest BCUT2D eigenvalue weighted by molar-refractivity contribution is -0.154. The lowest BCUT2D eigenvalue weighted by atomic mass is 9.94. The molecule has 0 aromatic carbocycles. The standard InChI is InChI=1S/2C21H42O3.C19H38O3.C17H34O3.C15H30O3.C13H26O3.C11H22O3.C9H18O3/c1-4-6-8-10-12-14-16-20(18-24-21(23)19(3)22)17-15-13-11-9-7-5-2;1-3-4-5-6-7-8-9-10-11-12-13-14-15-16-17-18-19-24-21(23)20(2)22;1-3-4-5-6-7-8-9-10-11-12-13-14-15-16-17-22-19(21)18(2)20;1-3-4-5-6-7-8-9-10-11-12-13-14-15-20-17(19)16(2)18;1-3-4-5-6-7-8-9-10-11-12-13-18-15(17)14(2)16;1-3-4-5-6-7-8-9-10-11-16-13(15)12(2)14;1-3-4-5-6-7-8-9-14-11(13)10(2)12;1-3-4-5-6-7-12-9(11)8(2)10/h19-20,22H,4-18H2,1-3H3;20,22H,3-19H2,1-2H3;18,20H,3-17H2,1-2H3;16,18H,3-15H2,1-2H3;14,16H,3-13H2,1-2H3;12,14H,3-11H2,1-2H3;10,12H,3-9H2,1-2H3;8,10H,3-7H2,1-2H3. The lowest BCUT2D eigenvalue weighted by Crippen LogP contribution is -2.22. The van der Waals surface area contributed by atoms with Crippen molar-refractivity contribution in [3.63, 3.8) is 0 Å². The third-order valence-corrected chi connectivity index (χ3v) is 26.3. The van der Waals surface area contributed by atoms with Crippen LogP contribution in [0.5, 0.6) is 0 Å². The van der Waals surface area contributed by atoms with Crippen molar-refractivity contribution in [2.75, 3.05) is 52.9 Å². The Morgan fingerprint density at radius 2 is 0.220 bits per heavy atom. The molecule has 0 saturated carbocycles. The summed E-state index contributed by atoms with van der Waals surface area (Å²) in [6.45, 7) is 35.1. The predicted octanol–water partition coefficient (Wildman–Crippen LogP) is 32.8. The van der Waals surface area contributed by atoms with E-state index in [1.54, 1.807) is 0 Å². The smallest absolute Gasteiger partial charge is 0.334 e. The maximum Gasteiger partial charge on any atom is 0.334 e. The zero-order chi connectivity index (χ0) is 114. The number of esters is 8. The molecule has 0 fully saturated rings. The van der Waals surface area contributed by atoms with Crippen LogP contribution in [0.15, 0.2) is 0 Å². The number of carbonyl (C=O) groups is 8. The molecule has 0 aliphatic rings. The van der Waals surface area contributed by atoms with Gasteiger partial charge in [0, 0.05) is 0 Å². The van der Waals surface area contributed by atoms with Gasteiger partial charge in [-0.3, -0.25) is 0 Å². The highest BCUT2D eigenvalue weighted by atomic mass is 16.6. The van der Waals surface area contributed by atoms with E-state index >= 15 is 0 Å². The van der Waals surface area contributed by atoms with Crippen molar-refractivity contribution >= 4 is 47.8 Å². The molecule has 0 radical (unpaired) electrons. The molecule has 0 aromatic rings. The Morgan fingerprint density at radius 1 is 0.133 bits per heavy atom. The Balaban J connectivity index is -0.000000258. The lowest BCUT2D eigenvalue weighted by Gasteiger charge is -2.17. The first-order valence-electron chi connectivity index (χ1n) is 63.2. The van der Waals surface area contributed by atoms with Crippen LogP contribution in [0.25, 0.3) is 0 Å². The van der Waals surface area contributed by atoms with Crippen LogP contribution in [0.1, 0.15) is 657 Å². The SMILES string of the molecule is CCCCCCCCC(CCCCCCCC)COC(=O)C(C)O.CCCCCCCCCCCCCCCCCCOC(=O)C(C)O.CCCCCCCCCCCCCCCCOC(=O)C(C)O.CCCCCCCCCCCCCCOC(=O)C(C)O.CCCCCCCCCCCCOC(=O)C(C)O.CCCCCCCCCCOC(=O)C(C)O.CCCCCCCCOC(=O)C(C)O.CCCCCCOC(=O)C(C)O. The number of hydrogen-bond acceptors (Lipinski definition) is 24. The van der Waals surface area contributed by atoms with Crippen LogP contribution in [0, 0.1) is 5.92 Å². The van der Waals surface area contributed by atoms with Gasteiger partial charge in [0.05, 0.1) is 52.9 Å². The summed E-state index contributed by atoms with van der Waals surface area (Å²) >= 11 is 0. The molecule has 0 rings (SSSR count). The van der Waals surface area contributed by atoms with E-state index in [2.05, 4.69) is 62.3 Å². The van der Waals surface area contributed by atoms with E-state index in [1.165, 1.54) is 492 Å². The maximum atomic E-state index is 11.5. The first-order valence-corrected chi connectivity index (χ1v) is 63.2. The molecule has 8 N–H and O–H groups in total. The number of unbranched alkanes of at least 4 members (excludes halogenated alkanes) is 73. The van der Waals surface area contributed by atoms with Gasteiger partial charge in [-0.15, -0.1) is 0 Å². The van der Waals surface area contributed by atoms with Crippen molar-refractivity contribution in [3.8, 4) is 0 Å².